The van der Waals surface area contributed by atoms with Gasteiger partial charge in [-0.2, -0.15) is 0 Å². The van der Waals surface area contributed by atoms with Crippen molar-refractivity contribution in [1.29, 1.82) is 0 Å². The Labute approximate surface area is 228 Å². The summed E-state index contributed by atoms with van der Waals surface area (Å²) in [6, 6.07) is 16.3. The van der Waals surface area contributed by atoms with Gasteiger partial charge in [-0.1, -0.05) is 11.6 Å². The van der Waals surface area contributed by atoms with E-state index in [9.17, 15) is 14.4 Å². The fourth-order valence-electron chi connectivity index (χ4n) is 4.52. The van der Waals surface area contributed by atoms with Gasteiger partial charge in [0.2, 0.25) is 5.91 Å². The van der Waals surface area contributed by atoms with Gasteiger partial charge in [-0.3, -0.25) is 14.2 Å². The lowest BCUT2D eigenvalue weighted by Gasteiger charge is -2.24. The zero-order valence-electron chi connectivity index (χ0n) is 20.9. The van der Waals surface area contributed by atoms with E-state index in [1.54, 1.807) is 71.7 Å². The second kappa shape index (κ2) is 11.1. The maximum Gasteiger partial charge on any atom is 0.322 e. The molecule has 3 heterocycles. The molecule has 5 rings (SSSR count). The summed E-state index contributed by atoms with van der Waals surface area (Å²) in [7, 11) is 1.51. The van der Waals surface area contributed by atoms with E-state index in [1.807, 2.05) is 0 Å². The second-order valence-corrected chi connectivity index (χ2v) is 9.45. The third kappa shape index (κ3) is 5.57. The number of carbonyl (C=O) groups excluding carboxylic acids is 2. The first-order valence-corrected chi connectivity index (χ1v) is 12.5. The van der Waals surface area contributed by atoms with Crippen molar-refractivity contribution in [2.75, 3.05) is 24.3 Å². The van der Waals surface area contributed by atoms with Gasteiger partial charge < -0.3 is 24.8 Å². The number of benzene rings is 2. The molecule has 0 spiro atoms. The first kappa shape index (κ1) is 26.2. The van der Waals surface area contributed by atoms with Crippen LogP contribution >= 0.6 is 11.6 Å². The summed E-state index contributed by atoms with van der Waals surface area (Å²) >= 11 is 5.91. The standard InChI is InChI=1S/C28H25ClFN5O4/c1-39-21-16-25(35(17-21)28(38)31-19-8-6-18(29)7-9-19)26(36)32-23-11-10-20(15-22(23)30)34-14-4-5-24(27(34)37)33-12-2-3-13-33/h2-15,21,25H,16-17H2,1H3,(H,31,38)(H,32,36)/t21-,25-/m1/s1. The fraction of sp³-hybridized carbons (Fsp3) is 0.179. The number of urea groups is 1. The van der Waals surface area contributed by atoms with E-state index >= 15 is 4.39 Å². The number of amides is 3. The van der Waals surface area contributed by atoms with Crippen LogP contribution in [0.2, 0.25) is 5.02 Å². The summed E-state index contributed by atoms with van der Waals surface area (Å²) < 4.78 is 23.5. The molecule has 3 amide bonds. The van der Waals surface area contributed by atoms with Gasteiger partial charge in [0.05, 0.1) is 17.5 Å². The molecule has 11 heteroatoms. The molecule has 1 saturated heterocycles. The number of carbonyl (C=O) groups is 2. The Morgan fingerprint density at radius 2 is 1.74 bits per heavy atom. The summed E-state index contributed by atoms with van der Waals surface area (Å²) in [6.45, 7) is 0.191. The molecule has 0 unspecified atom stereocenters. The number of methoxy groups -OCH3 is 1. The Hall–Kier alpha value is -4.41. The van der Waals surface area contributed by atoms with E-state index in [1.165, 1.54) is 34.8 Å². The third-order valence-corrected chi connectivity index (χ3v) is 6.81. The monoisotopic (exact) mass is 549 g/mol. The lowest BCUT2D eigenvalue weighted by atomic mass is 10.1. The van der Waals surface area contributed by atoms with E-state index in [0.717, 1.165) is 0 Å². The van der Waals surface area contributed by atoms with Gasteiger partial charge in [-0.25, -0.2) is 9.18 Å². The number of rotatable bonds is 6. The number of pyridine rings is 1. The number of anilines is 2. The molecule has 1 fully saturated rings. The summed E-state index contributed by atoms with van der Waals surface area (Å²) in [5.41, 5.74) is 0.822. The van der Waals surface area contributed by atoms with Crippen LogP contribution in [0.4, 0.5) is 20.6 Å². The van der Waals surface area contributed by atoms with E-state index in [2.05, 4.69) is 10.6 Å². The number of nitrogens with one attached hydrogen (secondary N) is 2. The van der Waals surface area contributed by atoms with Crippen LogP contribution in [-0.2, 0) is 9.53 Å². The molecule has 2 atom stereocenters. The van der Waals surface area contributed by atoms with Gasteiger partial charge in [0.15, 0.2) is 0 Å². The van der Waals surface area contributed by atoms with Crippen molar-refractivity contribution in [2.24, 2.45) is 0 Å². The largest absolute Gasteiger partial charge is 0.380 e. The molecule has 1 aliphatic rings. The molecule has 2 aromatic carbocycles. The van der Waals surface area contributed by atoms with E-state index < -0.39 is 23.8 Å². The first-order valence-electron chi connectivity index (χ1n) is 12.2. The van der Waals surface area contributed by atoms with Crippen LogP contribution in [0, 0.1) is 5.82 Å². The zero-order chi connectivity index (χ0) is 27.5. The molecule has 39 heavy (non-hydrogen) atoms. The van der Waals surface area contributed by atoms with Gasteiger partial charge in [0, 0.05) is 55.4 Å². The van der Waals surface area contributed by atoms with Crippen molar-refractivity contribution in [3.63, 3.8) is 0 Å². The predicted octanol–water partition coefficient (Wildman–Crippen LogP) is 4.68. The minimum atomic E-state index is -0.887. The quantitative estimate of drug-likeness (QED) is 0.365. The van der Waals surface area contributed by atoms with Gasteiger partial charge in [-0.05, 0) is 60.7 Å². The number of halogens is 2. The molecule has 0 bridgehead atoms. The first-order chi connectivity index (χ1) is 18.8. The van der Waals surface area contributed by atoms with E-state index in [0.29, 0.717) is 22.1 Å². The Bertz CT molecular complexity index is 1560. The molecular weight excluding hydrogens is 525 g/mol. The highest BCUT2D eigenvalue weighted by Crippen LogP contribution is 2.25. The number of hydrogen-bond donors (Lipinski definition) is 2. The summed E-state index contributed by atoms with van der Waals surface area (Å²) in [4.78, 5) is 40.5. The maximum atomic E-state index is 15.1. The zero-order valence-corrected chi connectivity index (χ0v) is 21.6. The Morgan fingerprint density at radius 1 is 1.00 bits per heavy atom. The molecule has 1 aliphatic heterocycles. The summed E-state index contributed by atoms with van der Waals surface area (Å²) in [5.74, 6) is -1.28. The van der Waals surface area contributed by atoms with Crippen LogP contribution in [0.25, 0.3) is 11.4 Å². The van der Waals surface area contributed by atoms with Crippen LogP contribution in [0.1, 0.15) is 6.42 Å². The maximum absolute atomic E-state index is 15.1. The Balaban J connectivity index is 1.33. The molecule has 0 saturated carbocycles. The van der Waals surface area contributed by atoms with Gasteiger partial charge in [0.25, 0.3) is 5.56 Å². The topological polar surface area (TPSA) is 97.6 Å². The van der Waals surface area contributed by atoms with Crippen LogP contribution in [0.5, 0.6) is 0 Å². The molecular formula is C28H25ClFN5O4. The molecule has 2 N–H and O–H groups in total. The van der Waals surface area contributed by atoms with Gasteiger partial charge in [-0.15, -0.1) is 0 Å². The van der Waals surface area contributed by atoms with Gasteiger partial charge >= 0.3 is 6.03 Å². The number of hydrogen-bond acceptors (Lipinski definition) is 4. The minimum absolute atomic E-state index is 0.0720. The number of nitrogens with zero attached hydrogens (tertiary/aromatic N) is 3. The summed E-state index contributed by atoms with van der Waals surface area (Å²) in [6.07, 6.45) is 4.93. The molecule has 9 nitrogen and oxygen atoms in total. The highest BCUT2D eigenvalue weighted by molar-refractivity contribution is 6.30. The van der Waals surface area contributed by atoms with Crippen molar-refractivity contribution in [2.45, 2.75) is 18.6 Å². The van der Waals surface area contributed by atoms with Crippen molar-refractivity contribution in [3.05, 3.63) is 107 Å². The molecule has 0 aliphatic carbocycles. The number of likely N-dealkylation sites (tertiary alicyclic amines) is 1. The number of aromatic nitrogens is 2. The summed E-state index contributed by atoms with van der Waals surface area (Å²) in [5, 5.41) is 5.85. The lowest BCUT2D eigenvalue weighted by molar-refractivity contribution is -0.119. The molecule has 200 valence electrons. The highest BCUT2D eigenvalue weighted by atomic mass is 35.5. The smallest absolute Gasteiger partial charge is 0.322 e. The van der Waals surface area contributed by atoms with Crippen molar-refractivity contribution in [1.82, 2.24) is 14.0 Å². The van der Waals surface area contributed by atoms with Crippen LogP contribution in [0.3, 0.4) is 0 Å². The minimum Gasteiger partial charge on any atom is -0.380 e. The van der Waals surface area contributed by atoms with Crippen LogP contribution in [-0.4, -0.2) is 51.8 Å². The van der Waals surface area contributed by atoms with Gasteiger partial charge in [0.1, 0.15) is 17.5 Å². The van der Waals surface area contributed by atoms with Crippen molar-refractivity contribution >= 4 is 34.9 Å². The Kier molecular flexibility index (Phi) is 7.49. The van der Waals surface area contributed by atoms with Crippen LogP contribution in [0.15, 0.2) is 90.1 Å². The van der Waals surface area contributed by atoms with Crippen molar-refractivity contribution in [3.8, 4) is 11.4 Å². The average molecular weight is 550 g/mol. The SMILES string of the molecule is CO[C@@H]1C[C@H](C(=O)Nc2ccc(-n3cccc(-n4cccc4)c3=O)cc2F)N(C(=O)Nc2ccc(Cl)cc2)C1. The average Bonchev–Trinajstić information content (AvgIpc) is 3.62. The lowest BCUT2D eigenvalue weighted by Crippen LogP contribution is -2.45. The molecule has 2 aromatic heterocycles. The molecule has 0 radical (unpaired) electrons. The number of ether oxygens (including phenoxy) is 1. The third-order valence-electron chi connectivity index (χ3n) is 6.55. The fourth-order valence-corrected chi connectivity index (χ4v) is 4.64. The normalized spacial score (nSPS) is 16.7. The van der Waals surface area contributed by atoms with Crippen LogP contribution < -0.4 is 16.2 Å². The van der Waals surface area contributed by atoms with Crippen molar-refractivity contribution < 1.29 is 18.7 Å². The van der Waals surface area contributed by atoms with E-state index in [-0.39, 0.29) is 30.3 Å². The highest BCUT2D eigenvalue weighted by Gasteiger charge is 2.40. The second-order valence-electron chi connectivity index (χ2n) is 9.01. The van der Waals surface area contributed by atoms with E-state index in [4.69, 9.17) is 16.3 Å². The predicted molar refractivity (Wildman–Crippen MR) is 146 cm³/mol. The Morgan fingerprint density at radius 3 is 2.44 bits per heavy atom. The molecule has 4 aromatic rings.